The third-order valence-corrected chi connectivity index (χ3v) is 3.52. The van der Waals surface area contributed by atoms with Gasteiger partial charge in [0.2, 0.25) is 5.91 Å². The second-order valence-electron chi connectivity index (χ2n) is 4.72. The molecule has 1 aliphatic rings. The average Bonchev–Trinajstić information content (AvgIpc) is 2.82. The van der Waals surface area contributed by atoms with E-state index in [0.717, 1.165) is 30.5 Å². The van der Waals surface area contributed by atoms with Crippen LogP contribution in [0.5, 0.6) is 0 Å². The number of hydrogen-bond donors (Lipinski definition) is 2. The average molecular weight is 244 g/mol. The SMILES string of the molecule is NC(=O)c1ccc2c(c1)ncn2C1CCCNC1. The predicted octanol–water partition coefficient (Wildman–Crippen LogP) is 1.06. The van der Waals surface area contributed by atoms with Crippen molar-refractivity contribution in [2.45, 2.75) is 18.9 Å². The van der Waals surface area contributed by atoms with E-state index in [1.54, 1.807) is 12.1 Å². The van der Waals surface area contributed by atoms with Gasteiger partial charge in [0.05, 0.1) is 17.4 Å². The van der Waals surface area contributed by atoms with Gasteiger partial charge in [-0.15, -0.1) is 0 Å². The van der Waals surface area contributed by atoms with Crippen LogP contribution >= 0.6 is 0 Å². The molecule has 1 unspecified atom stereocenters. The highest BCUT2D eigenvalue weighted by molar-refractivity contribution is 5.96. The maximum atomic E-state index is 11.1. The molecule has 5 heteroatoms. The number of hydrogen-bond acceptors (Lipinski definition) is 3. The van der Waals surface area contributed by atoms with Gasteiger partial charge in [-0.1, -0.05) is 0 Å². The second kappa shape index (κ2) is 4.42. The summed E-state index contributed by atoms with van der Waals surface area (Å²) in [5, 5.41) is 3.39. The highest BCUT2D eigenvalue weighted by Crippen LogP contribution is 2.23. The van der Waals surface area contributed by atoms with Crippen LogP contribution in [0, 0.1) is 0 Å². The summed E-state index contributed by atoms with van der Waals surface area (Å²) in [6.07, 6.45) is 4.20. The zero-order valence-electron chi connectivity index (χ0n) is 10.1. The number of nitrogens with two attached hydrogens (primary N) is 1. The maximum Gasteiger partial charge on any atom is 0.248 e. The van der Waals surface area contributed by atoms with E-state index < -0.39 is 5.91 Å². The molecule has 1 aromatic heterocycles. The van der Waals surface area contributed by atoms with Crippen LogP contribution in [-0.4, -0.2) is 28.5 Å². The van der Waals surface area contributed by atoms with Crippen LogP contribution < -0.4 is 11.1 Å². The Morgan fingerprint density at radius 1 is 1.50 bits per heavy atom. The van der Waals surface area contributed by atoms with E-state index >= 15 is 0 Å². The van der Waals surface area contributed by atoms with Gasteiger partial charge < -0.3 is 15.6 Å². The molecule has 3 N–H and O–H groups in total. The fourth-order valence-corrected chi connectivity index (χ4v) is 2.55. The lowest BCUT2D eigenvalue weighted by molar-refractivity contribution is 0.100. The van der Waals surface area contributed by atoms with E-state index in [9.17, 15) is 4.79 Å². The Labute approximate surface area is 105 Å². The summed E-state index contributed by atoms with van der Waals surface area (Å²) >= 11 is 0. The van der Waals surface area contributed by atoms with E-state index in [1.165, 1.54) is 6.42 Å². The van der Waals surface area contributed by atoms with Gasteiger partial charge in [-0.25, -0.2) is 4.98 Å². The van der Waals surface area contributed by atoms with Crippen LogP contribution in [0.1, 0.15) is 29.2 Å². The van der Waals surface area contributed by atoms with E-state index in [4.69, 9.17) is 5.73 Å². The molecule has 3 rings (SSSR count). The Morgan fingerprint density at radius 2 is 2.39 bits per heavy atom. The Balaban J connectivity index is 2.01. The first-order valence-corrected chi connectivity index (χ1v) is 6.23. The molecule has 1 aliphatic heterocycles. The van der Waals surface area contributed by atoms with Crippen molar-refractivity contribution in [1.82, 2.24) is 14.9 Å². The van der Waals surface area contributed by atoms with Gasteiger partial charge in [0.1, 0.15) is 0 Å². The van der Waals surface area contributed by atoms with Crippen molar-refractivity contribution in [3.05, 3.63) is 30.1 Å². The minimum Gasteiger partial charge on any atom is -0.366 e. The summed E-state index contributed by atoms with van der Waals surface area (Å²) in [6.45, 7) is 2.07. The first-order valence-electron chi connectivity index (χ1n) is 6.23. The van der Waals surface area contributed by atoms with Gasteiger partial charge in [-0.2, -0.15) is 0 Å². The van der Waals surface area contributed by atoms with E-state index in [1.807, 2.05) is 12.4 Å². The van der Waals surface area contributed by atoms with Crippen molar-refractivity contribution < 1.29 is 4.79 Å². The van der Waals surface area contributed by atoms with Crippen molar-refractivity contribution in [3.8, 4) is 0 Å². The number of carbonyl (C=O) groups excluding carboxylic acids is 1. The van der Waals surface area contributed by atoms with Crippen LogP contribution in [0.3, 0.4) is 0 Å². The quantitative estimate of drug-likeness (QED) is 0.829. The Kier molecular flexibility index (Phi) is 2.76. The summed E-state index contributed by atoms with van der Waals surface area (Å²) in [6, 6.07) is 5.89. The molecule has 5 nitrogen and oxygen atoms in total. The fraction of sp³-hybridized carbons (Fsp3) is 0.385. The number of amides is 1. The zero-order chi connectivity index (χ0) is 12.5. The Hall–Kier alpha value is -1.88. The first kappa shape index (κ1) is 11.2. The molecule has 18 heavy (non-hydrogen) atoms. The fourth-order valence-electron chi connectivity index (χ4n) is 2.55. The summed E-state index contributed by atoms with van der Waals surface area (Å²) in [7, 11) is 0. The number of aromatic nitrogens is 2. The summed E-state index contributed by atoms with van der Waals surface area (Å²) < 4.78 is 2.19. The third kappa shape index (κ3) is 1.86. The molecule has 94 valence electrons. The molecule has 0 radical (unpaired) electrons. The van der Waals surface area contributed by atoms with Gasteiger partial charge >= 0.3 is 0 Å². The molecule has 1 aromatic carbocycles. The van der Waals surface area contributed by atoms with Crippen LogP contribution in [0.4, 0.5) is 0 Å². The first-order chi connectivity index (χ1) is 8.75. The molecule has 0 saturated carbocycles. The molecule has 2 aromatic rings. The second-order valence-corrected chi connectivity index (χ2v) is 4.72. The van der Waals surface area contributed by atoms with E-state index in [-0.39, 0.29) is 0 Å². The van der Waals surface area contributed by atoms with Crippen molar-refractivity contribution in [2.24, 2.45) is 5.73 Å². The van der Waals surface area contributed by atoms with Gasteiger partial charge in [0.25, 0.3) is 0 Å². The summed E-state index contributed by atoms with van der Waals surface area (Å²) in [5.74, 6) is -0.411. The lowest BCUT2D eigenvalue weighted by Crippen LogP contribution is -2.31. The number of benzene rings is 1. The number of piperidine rings is 1. The molecule has 0 aliphatic carbocycles. The number of imidazole rings is 1. The molecule has 1 amide bonds. The number of carbonyl (C=O) groups is 1. The standard InChI is InChI=1S/C13H16N4O/c14-13(18)9-3-4-12-11(6-9)16-8-17(12)10-2-1-5-15-7-10/h3-4,6,8,10,15H,1-2,5,7H2,(H2,14,18). The summed E-state index contributed by atoms with van der Waals surface area (Å²) in [5.41, 5.74) is 7.67. The third-order valence-electron chi connectivity index (χ3n) is 3.52. The van der Waals surface area contributed by atoms with Gasteiger partial charge in [-0.3, -0.25) is 4.79 Å². The highest BCUT2D eigenvalue weighted by Gasteiger charge is 2.17. The van der Waals surface area contributed by atoms with Crippen LogP contribution in [0.25, 0.3) is 11.0 Å². The van der Waals surface area contributed by atoms with Gasteiger partial charge in [0.15, 0.2) is 0 Å². The van der Waals surface area contributed by atoms with E-state index in [0.29, 0.717) is 11.6 Å². The number of primary amides is 1. The topological polar surface area (TPSA) is 72.9 Å². The number of fused-ring (bicyclic) bond motifs is 1. The van der Waals surface area contributed by atoms with Gasteiger partial charge in [0, 0.05) is 18.2 Å². The van der Waals surface area contributed by atoms with E-state index in [2.05, 4.69) is 14.9 Å². The molecule has 2 heterocycles. The maximum absolute atomic E-state index is 11.1. The van der Waals surface area contributed by atoms with Gasteiger partial charge in [-0.05, 0) is 37.6 Å². The minimum atomic E-state index is -0.411. The molecule has 0 spiro atoms. The number of nitrogens with one attached hydrogen (secondary N) is 1. The monoisotopic (exact) mass is 244 g/mol. The molecular formula is C13H16N4O. The van der Waals surface area contributed by atoms with Crippen molar-refractivity contribution in [2.75, 3.05) is 13.1 Å². The lowest BCUT2D eigenvalue weighted by atomic mass is 10.1. The van der Waals surface area contributed by atoms with Crippen molar-refractivity contribution in [3.63, 3.8) is 0 Å². The largest absolute Gasteiger partial charge is 0.366 e. The predicted molar refractivity (Wildman–Crippen MR) is 69.4 cm³/mol. The molecular weight excluding hydrogens is 228 g/mol. The molecule has 1 atom stereocenters. The Morgan fingerprint density at radius 3 is 3.11 bits per heavy atom. The molecule has 1 saturated heterocycles. The summed E-state index contributed by atoms with van der Waals surface area (Å²) in [4.78, 5) is 15.5. The molecule has 1 fully saturated rings. The van der Waals surface area contributed by atoms with Crippen LogP contribution in [0.15, 0.2) is 24.5 Å². The number of rotatable bonds is 2. The normalized spacial score (nSPS) is 20.1. The minimum absolute atomic E-state index is 0.411. The molecule has 0 bridgehead atoms. The Bertz CT molecular complexity index is 584. The highest BCUT2D eigenvalue weighted by atomic mass is 16.1. The van der Waals surface area contributed by atoms with Crippen LogP contribution in [0.2, 0.25) is 0 Å². The van der Waals surface area contributed by atoms with Crippen molar-refractivity contribution in [1.29, 1.82) is 0 Å². The number of nitrogens with zero attached hydrogens (tertiary/aromatic N) is 2. The smallest absolute Gasteiger partial charge is 0.248 e. The zero-order valence-corrected chi connectivity index (χ0v) is 10.1. The van der Waals surface area contributed by atoms with Crippen molar-refractivity contribution >= 4 is 16.9 Å². The lowest BCUT2D eigenvalue weighted by Gasteiger charge is -2.24. The van der Waals surface area contributed by atoms with Crippen LogP contribution in [-0.2, 0) is 0 Å².